The van der Waals surface area contributed by atoms with Gasteiger partial charge in [-0.15, -0.1) is 0 Å². The molecule has 0 aromatic heterocycles. The van der Waals surface area contributed by atoms with Gasteiger partial charge in [0.1, 0.15) is 0 Å². The summed E-state index contributed by atoms with van der Waals surface area (Å²) >= 11 is 0. The van der Waals surface area contributed by atoms with Crippen LogP contribution in [0.4, 0.5) is 0 Å². The molecule has 0 rings (SSSR count). The topological polar surface area (TPSA) is 115 Å². The van der Waals surface area contributed by atoms with E-state index in [-0.39, 0.29) is 29.4 Å². The summed E-state index contributed by atoms with van der Waals surface area (Å²) < 4.78 is 0. The number of hydrogen-bond donors (Lipinski definition) is 0. The standard InChI is InChI=1S/2CN.Cu.2H2N/c2*1-2;;;/h;;;2*1H2/q2*-1;;2*-1. The minimum Gasteiger partial charge on any atom is -0.693 e. The van der Waals surface area contributed by atoms with Crippen molar-refractivity contribution in [2.45, 2.75) is 0 Å². The molecule has 0 aliphatic carbocycles. The molecule has 0 aliphatic rings. The summed E-state index contributed by atoms with van der Waals surface area (Å²) in [6.45, 7) is 9.50. The minimum atomic E-state index is 0. The van der Waals surface area contributed by atoms with Crippen LogP contribution in [0.5, 0.6) is 0 Å². The number of nitrogens with two attached hydrogens (primary N) is 2. The normalized spacial score (nSPS) is 0.571. The third-order valence-electron chi connectivity index (χ3n) is 0. The molecule has 0 heterocycles. The van der Waals surface area contributed by atoms with Gasteiger partial charge in [-0.1, -0.05) is 0 Å². The number of nitrogens with zero attached hydrogens (tertiary/aromatic N) is 2. The van der Waals surface area contributed by atoms with E-state index in [0.29, 0.717) is 0 Å². The molecule has 0 aromatic rings. The molecule has 0 saturated heterocycles. The van der Waals surface area contributed by atoms with Crippen LogP contribution >= 0.6 is 0 Å². The van der Waals surface area contributed by atoms with Crippen LogP contribution in [0.3, 0.4) is 0 Å². The van der Waals surface area contributed by atoms with Crippen molar-refractivity contribution in [3.63, 3.8) is 0 Å². The molecule has 7 heavy (non-hydrogen) atoms. The molecule has 0 aliphatic heterocycles. The maximum Gasteiger partial charge on any atom is 0 e. The average Bonchev–Trinajstić information content (AvgIpc) is 1.50. The molecule has 0 fully saturated rings. The van der Waals surface area contributed by atoms with Crippen LogP contribution in [0.25, 0.3) is 12.3 Å². The Morgan fingerprint density at radius 2 is 0.714 bits per heavy atom. The molecule has 5 heteroatoms. The molecule has 4 N–H and O–H groups in total. The van der Waals surface area contributed by atoms with Gasteiger partial charge in [0.15, 0.2) is 0 Å². The van der Waals surface area contributed by atoms with Crippen LogP contribution in [0.15, 0.2) is 0 Å². The second-order valence-corrected chi connectivity index (χ2v) is 0. The van der Waals surface area contributed by atoms with E-state index >= 15 is 0 Å². The van der Waals surface area contributed by atoms with Gasteiger partial charge in [-0.25, -0.2) is 0 Å². The summed E-state index contributed by atoms with van der Waals surface area (Å²) in [5.74, 6) is 0. The molecule has 0 aromatic carbocycles. The Morgan fingerprint density at radius 1 is 0.714 bits per heavy atom. The first-order valence-electron chi connectivity index (χ1n) is 0.447. The van der Waals surface area contributed by atoms with Crippen LogP contribution in [0.2, 0.25) is 0 Å². The van der Waals surface area contributed by atoms with Crippen molar-refractivity contribution in [2.75, 3.05) is 0 Å². The summed E-state index contributed by atoms with van der Waals surface area (Å²) in [5.41, 5.74) is 0. The van der Waals surface area contributed by atoms with E-state index in [1.165, 1.54) is 0 Å². The van der Waals surface area contributed by atoms with E-state index < -0.39 is 0 Å². The Hall–Kier alpha value is -0.581. The fourth-order valence-corrected chi connectivity index (χ4v) is 0. The number of rotatable bonds is 0. The van der Waals surface area contributed by atoms with E-state index in [2.05, 4.69) is 0 Å². The molecule has 0 atom stereocenters. The zero-order valence-corrected chi connectivity index (χ0v) is 4.29. The van der Waals surface area contributed by atoms with Gasteiger partial charge in [0.2, 0.25) is 0 Å². The maximum atomic E-state index is 6.25. The van der Waals surface area contributed by atoms with Crippen LogP contribution < -0.4 is 0 Å². The first kappa shape index (κ1) is 93.6. The smallest absolute Gasteiger partial charge is 0 e. The van der Waals surface area contributed by atoms with Gasteiger partial charge in [0, 0.05) is 17.1 Å². The minimum absolute atomic E-state index is 0. The molecule has 0 amide bonds. The SMILES string of the molecule is [C-]#N.[C-]#N.[Cu].[NH2-].[NH2-]. The molecule has 0 unspecified atom stereocenters. The van der Waals surface area contributed by atoms with Crippen LogP contribution in [0, 0.1) is 23.7 Å². The van der Waals surface area contributed by atoms with Gasteiger partial charge in [0.25, 0.3) is 0 Å². The molecule has 0 bridgehead atoms. The monoisotopic (exact) mass is 147 g/mol. The van der Waals surface area contributed by atoms with Gasteiger partial charge >= 0.3 is 0 Å². The molecule has 47 valence electrons. The van der Waals surface area contributed by atoms with Gasteiger partial charge in [0.05, 0.1) is 0 Å². The van der Waals surface area contributed by atoms with Crippen molar-refractivity contribution in [1.29, 1.82) is 10.5 Å². The molecule has 0 saturated carbocycles. The second kappa shape index (κ2) is 314. The summed E-state index contributed by atoms with van der Waals surface area (Å²) in [4.78, 5) is 0. The third-order valence-corrected chi connectivity index (χ3v) is 0. The number of hydrogen-bond acceptors (Lipinski definition) is 2. The second-order valence-electron chi connectivity index (χ2n) is 0. The van der Waals surface area contributed by atoms with E-state index in [1.807, 2.05) is 0 Å². The summed E-state index contributed by atoms with van der Waals surface area (Å²) in [5, 5.41) is 12.5. The summed E-state index contributed by atoms with van der Waals surface area (Å²) in [6, 6.07) is 0. The van der Waals surface area contributed by atoms with Crippen LogP contribution in [-0.4, -0.2) is 0 Å². The third kappa shape index (κ3) is 188. The molecule has 1 radical (unpaired) electrons. The molecular formula is C2H4CuN4-4. The van der Waals surface area contributed by atoms with Gasteiger partial charge in [-0.3, -0.25) is 0 Å². The Labute approximate surface area is 53.8 Å². The Balaban J connectivity index is -0.00000000267. The first-order valence-corrected chi connectivity index (χ1v) is 0.447. The average molecular weight is 148 g/mol. The van der Waals surface area contributed by atoms with Crippen molar-refractivity contribution in [2.24, 2.45) is 0 Å². The van der Waals surface area contributed by atoms with Gasteiger partial charge in [-0.05, 0) is 0 Å². The maximum absolute atomic E-state index is 6.25. The Bertz CT molecular complexity index is 25.2. The van der Waals surface area contributed by atoms with Crippen molar-refractivity contribution >= 4 is 0 Å². The zero-order chi connectivity index (χ0) is 4.00. The van der Waals surface area contributed by atoms with E-state index in [1.54, 1.807) is 0 Å². The van der Waals surface area contributed by atoms with Crippen molar-refractivity contribution in [1.82, 2.24) is 0 Å². The fourth-order valence-electron chi connectivity index (χ4n) is 0. The summed E-state index contributed by atoms with van der Waals surface area (Å²) in [7, 11) is 0. The molecule has 0 spiro atoms. The fraction of sp³-hybridized carbons (Fsp3) is 0. The van der Waals surface area contributed by atoms with E-state index in [4.69, 9.17) is 23.7 Å². The first-order chi connectivity index (χ1) is 2.00. The van der Waals surface area contributed by atoms with Crippen LogP contribution in [0.1, 0.15) is 0 Å². The summed E-state index contributed by atoms with van der Waals surface area (Å²) in [6.07, 6.45) is 0. The predicted octanol–water partition coefficient (Wildman–Crippen LogP) is 1.62. The molecular weight excluding hydrogens is 144 g/mol. The zero-order valence-electron chi connectivity index (χ0n) is 3.35. The van der Waals surface area contributed by atoms with Gasteiger partial charge < -0.3 is 36.0 Å². The largest absolute Gasteiger partial charge is 0.693 e. The van der Waals surface area contributed by atoms with E-state index in [9.17, 15) is 0 Å². The quantitative estimate of drug-likeness (QED) is 0.383. The Kier molecular flexibility index (Phi) is 4200. The Morgan fingerprint density at radius 3 is 0.714 bits per heavy atom. The van der Waals surface area contributed by atoms with Crippen molar-refractivity contribution in [3.05, 3.63) is 25.4 Å². The van der Waals surface area contributed by atoms with Crippen molar-refractivity contribution in [3.8, 4) is 0 Å². The predicted molar refractivity (Wildman–Crippen MR) is 20.5 cm³/mol. The van der Waals surface area contributed by atoms with Gasteiger partial charge in [-0.2, -0.15) is 0 Å². The van der Waals surface area contributed by atoms with E-state index in [0.717, 1.165) is 0 Å². The van der Waals surface area contributed by atoms with Crippen LogP contribution in [-0.2, 0) is 17.1 Å². The molecule has 4 nitrogen and oxygen atoms in total. The van der Waals surface area contributed by atoms with Crippen molar-refractivity contribution < 1.29 is 17.1 Å².